The lowest BCUT2D eigenvalue weighted by atomic mass is 10.0. The van der Waals surface area contributed by atoms with Crippen LogP contribution in [0.3, 0.4) is 0 Å². The Morgan fingerprint density at radius 2 is 1.94 bits per heavy atom. The Kier molecular flexibility index (Phi) is 4.05. The second kappa shape index (κ2) is 5.55. The van der Waals surface area contributed by atoms with Crippen molar-refractivity contribution in [1.82, 2.24) is 0 Å². The first kappa shape index (κ1) is 13.1. The van der Waals surface area contributed by atoms with Crippen molar-refractivity contribution in [1.29, 1.82) is 0 Å². The van der Waals surface area contributed by atoms with Crippen LogP contribution in [0.15, 0.2) is 12.1 Å². The maximum Gasteiger partial charge on any atom is 0.134 e. The minimum atomic E-state index is 0.189. The van der Waals surface area contributed by atoms with Gasteiger partial charge < -0.3 is 4.74 Å². The maximum atomic E-state index is 11.3. The molecule has 1 fully saturated rings. The smallest absolute Gasteiger partial charge is 0.134 e. The van der Waals surface area contributed by atoms with Gasteiger partial charge in [0.2, 0.25) is 0 Å². The summed E-state index contributed by atoms with van der Waals surface area (Å²) in [5, 5.41) is 0. The van der Waals surface area contributed by atoms with Crippen molar-refractivity contribution in [2.45, 2.75) is 59.0 Å². The molecule has 0 atom stereocenters. The second-order valence-electron chi connectivity index (χ2n) is 5.40. The number of hydrogen-bond acceptors (Lipinski definition) is 2. The van der Waals surface area contributed by atoms with Crippen LogP contribution in [0.2, 0.25) is 0 Å². The van der Waals surface area contributed by atoms with Crippen molar-refractivity contribution >= 4 is 5.78 Å². The summed E-state index contributed by atoms with van der Waals surface area (Å²) in [6.45, 7) is 5.81. The van der Waals surface area contributed by atoms with E-state index in [9.17, 15) is 4.79 Å². The van der Waals surface area contributed by atoms with Gasteiger partial charge in [-0.1, -0.05) is 12.1 Å². The lowest BCUT2D eigenvalue weighted by Gasteiger charge is -2.19. The third-order valence-electron chi connectivity index (χ3n) is 3.78. The zero-order chi connectivity index (χ0) is 13.1. The highest BCUT2D eigenvalue weighted by molar-refractivity contribution is 5.79. The molecule has 0 bridgehead atoms. The van der Waals surface area contributed by atoms with E-state index in [0.717, 1.165) is 24.2 Å². The molecule has 0 N–H and O–H groups in total. The predicted molar refractivity (Wildman–Crippen MR) is 73.2 cm³/mol. The zero-order valence-corrected chi connectivity index (χ0v) is 11.6. The summed E-state index contributed by atoms with van der Waals surface area (Å²) in [6, 6.07) is 4.11. The van der Waals surface area contributed by atoms with E-state index in [1.54, 1.807) is 6.92 Å². The Hall–Kier alpha value is -1.31. The van der Waals surface area contributed by atoms with Crippen LogP contribution in [0.25, 0.3) is 0 Å². The SMILES string of the molecule is CC(=O)Cc1ccc(C)c(C)c1OC1CCCC1. The predicted octanol–water partition coefficient (Wildman–Crippen LogP) is 3.76. The third kappa shape index (κ3) is 2.92. The Morgan fingerprint density at radius 1 is 1.28 bits per heavy atom. The van der Waals surface area contributed by atoms with Gasteiger partial charge in [-0.3, -0.25) is 4.79 Å². The molecular weight excluding hydrogens is 224 g/mol. The molecule has 1 aromatic carbocycles. The van der Waals surface area contributed by atoms with Crippen LogP contribution in [-0.2, 0) is 11.2 Å². The zero-order valence-electron chi connectivity index (χ0n) is 11.6. The molecule has 0 unspecified atom stereocenters. The fourth-order valence-corrected chi connectivity index (χ4v) is 2.59. The largest absolute Gasteiger partial charge is 0.490 e. The summed E-state index contributed by atoms with van der Waals surface area (Å²) < 4.78 is 6.17. The Morgan fingerprint density at radius 3 is 2.56 bits per heavy atom. The van der Waals surface area contributed by atoms with E-state index < -0.39 is 0 Å². The molecular formula is C16H22O2. The van der Waals surface area contributed by atoms with Crippen molar-refractivity contribution in [2.75, 3.05) is 0 Å². The number of benzene rings is 1. The Balaban J connectivity index is 2.28. The monoisotopic (exact) mass is 246 g/mol. The molecule has 1 saturated carbocycles. The highest BCUT2D eigenvalue weighted by Gasteiger charge is 2.20. The lowest BCUT2D eigenvalue weighted by molar-refractivity contribution is -0.116. The van der Waals surface area contributed by atoms with E-state index in [0.29, 0.717) is 12.5 Å². The quantitative estimate of drug-likeness (QED) is 0.808. The van der Waals surface area contributed by atoms with E-state index in [4.69, 9.17) is 4.74 Å². The number of ether oxygens (including phenoxy) is 1. The van der Waals surface area contributed by atoms with Crippen LogP contribution >= 0.6 is 0 Å². The molecule has 1 aliphatic rings. The number of aryl methyl sites for hydroxylation is 1. The Labute approximate surface area is 109 Å². The molecule has 0 radical (unpaired) electrons. The van der Waals surface area contributed by atoms with E-state index in [-0.39, 0.29) is 5.78 Å². The first-order valence-electron chi connectivity index (χ1n) is 6.83. The van der Waals surface area contributed by atoms with Gasteiger partial charge in [-0.25, -0.2) is 0 Å². The first-order valence-corrected chi connectivity index (χ1v) is 6.83. The summed E-state index contributed by atoms with van der Waals surface area (Å²) in [5.74, 6) is 1.15. The van der Waals surface area contributed by atoms with Crippen LogP contribution in [0.1, 0.15) is 49.3 Å². The van der Waals surface area contributed by atoms with Crippen molar-refractivity contribution in [2.24, 2.45) is 0 Å². The number of carbonyl (C=O) groups excluding carboxylic acids is 1. The first-order chi connectivity index (χ1) is 8.58. The Bertz CT molecular complexity index is 443. The van der Waals surface area contributed by atoms with Crippen molar-refractivity contribution in [3.05, 3.63) is 28.8 Å². The molecule has 1 aliphatic carbocycles. The fourth-order valence-electron chi connectivity index (χ4n) is 2.59. The van der Waals surface area contributed by atoms with Gasteiger partial charge in [0.15, 0.2) is 0 Å². The summed E-state index contributed by atoms with van der Waals surface area (Å²) >= 11 is 0. The summed E-state index contributed by atoms with van der Waals surface area (Å²) in [7, 11) is 0. The van der Waals surface area contributed by atoms with Gasteiger partial charge in [0.1, 0.15) is 11.5 Å². The molecule has 0 aliphatic heterocycles. The molecule has 2 rings (SSSR count). The van der Waals surface area contributed by atoms with Gasteiger partial charge in [-0.15, -0.1) is 0 Å². The summed E-state index contributed by atoms with van der Waals surface area (Å²) in [4.78, 5) is 11.3. The van der Waals surface area contributed by atoms with Crippen LogP contribution in [0.5, 0.6) is 5.75 Å². The number of hydrogen-bond donors (Lipinski definition) is 0. The van der Waals surface area contributed by atoms with Gasteiger partial charge in [-0.2, -0.15) is 0 Å². The van der Waals surface area contributed by atoms with Gasteiger partial charge in [0.25, 0.3) is 0 Å². The maximum absolute atomic E-state index is 11.3. The minimum absolute atomic E-state index is 0.189. The topological polar surface area (TPSA) is 26.3 Å². The second-order valence-corrected chi connectivity index (χ2v) is 5.40. The normalized spacial score (nSPS) is 15.9. The molecule has 2 nitrogen and oxygen atoms in total. The number of Topliss-reactive ketones (excluding diaryl/α,β-unsaturated/α-hetero) is 1. The fraction of sp³-hybridized carbons (Fsp3) is 0.562. The van der Waals surface area contributed by atoms with Gasteiger partial charge >= 0.3 is 0 Å². The average molecular weight is 246 g/mol. The molecule has 1 aromatic rings. The third-order valence-corrected chi connectivity index (χ3v) is 3.78. The summed E-state index contributed by atoms with van der Waals surface area (Å²) in [6.07, 6.45) is 5.63. The standard InChI is InChI=1S/C16H22O2/c1-11-8-9-14(10-12(2)17)16(13(11)3)18-15-6-4-5-7-15/h8-9,15H,4-7,10H2,1-3H3. The molecule has 0 spiro atoms. The lowest BCUT2D eigenvalue weighted by Crippen LogP contribution is -2.14. The van der Waals surface area contributed by atoms with E-state index in [1.165, 1.54) is 24.0 Å². The van der Waals surface area contributed by atoms with Crippen molar-refractivity contribution in [3.63, 3.8) is 0 Å². The average Bonchev–Trinajstić information content (AvgIpc) is 2.81. The number of rotatable bonds is 4. The molecule has 0 aromatic heterocycles. The van der Waals surface area contributed by atoms with Crippen LogP contribution in [-0.4, -0.2) is 11.9 Å². The summed E-state index contributed by atoms with van der Waals surface area (Å²) in [5.41, 5.74) is 3.45. The van der Waals surface area contributed by atoms with Gasteiger partial charge in [0, 0.05) is 12.0 Å². The van der Waals surface area contributed by atoms with Gasteiger partial charge in [0.05, 0.1) is 6.10 Å². The number of carbonyl (C=O) groups is 1. The van der Waals surface area contributed by atoms with Crippen molar-refractivity contribution in [3.8, 4) is 5.75 Å². The molecule has 18 heavy (non-hydrogen) atoms. The highest BCUT2D eigenvalue weighted by Crippen LogP contribution is 2.31. The van der Waals surface area contributed by atoms with E-state index in [1.807, 2.05) is 6.07 Å². The van der Waals surface area contributed by atoms with Crippen molar-refractivity contribution < 1.29 is 9.53 Å². The minimum Gasteiger partial charge on any atom is -0.490 e. The molecule has 98 valence electrons. The number of ketones is 1. The van der Waals surface area contributed by atoms with E-state index in [2.05, 4.69) is 19.9 Å². The molecule has 0 amide bonds. The molecule has 2 heteroatoms. The van der Waals surface area contributed by atoms with E-state index >= 15 is 0 Å². The molecule has 0 heterocycles. The van der Waals surface area contributed by atoms with Gasteiger partial charge in [-0.05, 0) is 57.6 Å². The highest BCUT2D eigenvalue weighted by atomic mass is 16.5. The van der Waals surface area contributed by atoms with Crippen LogP contribution < -0.4 is 4.74 Å². The van der Waals surface area contributed by atoms with Crippen LogP contribution in [0.4, 0.5) is 0 Å². The molecule has 0 saturated heterocycles. The van der Waals surface area contributed by atoms with Crippen LogP contribution in [0, 0.1) is 13.8 Å².